The van der Waals surface area contributed by atoms with Gasteiger partial charge < -0.3 is 14.5 Å². The van der Waals surface area contributed by atoms with Gasteiger partial charge in [0.15, 0.2) is 0 Å². The summed E-state index contributed by atoms with van der Waals surface area (Å²) in [5, 5.41) is 0. The molecule has 0 unspecified atom stereocenters. The highest BCUT2D eigenvalue weighted by molar-refractivity contribution is 6.40. The predicted molar refractivity (Wildman–Crippen MR) is 96.7 cm³/mol. The monoisotopic (exact) mass is 338 g/mol. The minimum absolute atomic E-state index is 0.102. The van der Waals surface area contributed by atoms with E-state index in [-0.39, 0.29) is 6.61 Å². The molecule has 0 bridgehead atoms. The van der Waals surface area contributed by atoms with Crippen LogP contribution in [-0.4, -0.2) is 49.9 Å². The molecule has 130 valence electrons. The average Bonchev–Trinajstić information content (AvgIpc) is 2.67. The van der Waals surface area contributed by atoms with Crippen LogP contribution in [0.3, 0.4) is 0 Å². The maximum atomic E-state index is 12.2. The quantitative estimate of drug-likeness (QED) is 0.476. The lowest BCUT2D eigenvalue weighted by atomic mass is 10.1. The first-order valence-electron chi connectivity index (χ1n) is 8.42. The predicted octanol–water partition coefficient (Wildman–Crippen LogP) is 2.36. The summed E-state index contributed by atoms with van der Waals surface area (Å²) in [6.07, 6.45) is 0. The SMILES string of the molecule is CN1CCN(c2ccc(C(=O)C(=O)OCc3ccccc3)cc2)CC1. The minimum Gasteiger partial charge on any atom is -0.455 e. The summed E-state index contributed by atoms with van der Waals surface area (Å²) < 4.78 is 5.10. The van der Waals surface area contributed by atoms with Crippen LogP contribution >= 0.6 is 0 Å². The van der Waals surface area contributed by atoms with Crippen LogP contribution in [0.25, 0.3) is 0 Å². The van der Waals surface area contributed by atoms with Gasteiger partial charge >= 0.3 is 5.97 Å². The van der Waals surface area contributed by atoms with Crippen LogP contribution in [0.5, 0.6) is 0 Å². The topological polar surface area (TPSA) is 49.9 Å². The molecule has 1 aliphatic heterocycles. The maximum absolute atomic E-state index is 12.2. The van der Waals surface area contributed by atoms with E-state index in [1.54, 1.807) is 12.1 Å². The van der Waals surface area contributed by atoms with Crippen LogP contribution < -0.4 is 4.90 Å². The third-order valence-electron chi connectivity index (χ3n) is 4.40. The number of anilines is 1. The molecule has 0 N–H and O–H groups in total. The molecule has 0 saturated carbocycles. The van der Waals surface area contributed by atoms with Crippen molar-refractivity contribution in [3.8, 4) is 0 Å². The number of likely N-dealkylation sites (N-methyl/N-ethyl adjacent to an activating group) is 1. The maximum Gasteiger partial charge on any atom is 0.380 e. The van der Waals surface area contributed by atoms with Crippen molar-refractivity contribution in [1.82, 2.24) is 4.90 Å². The van der Waals surface area contributed by atoms with Crippen LogP contribution in [0.15, 0.2) is 54.6 Å². The molecule has 1 heterocycles. The lowest BCUT2D eigenvalue weighted by Gasteiger charge is -2.34. The molecule has 0 spiro atoms. The van der Waals surface area contributed by atoms with Gasteiger partial charge in [0.25, 0.3) is 5.78 Å². The van der Waals surface area contributed by atoms with Crippen LogP contribution in [0.2, 0.25) is 0 Å². The van der Waals surface area contributed by atoms with Gasteiger partial charge in [-0.3, -0.25) is 4.79 Å². The Morgan fingerprint density at radius 2 is 1.56 bits per heavy atom. The zero-order valence-corrected chi connectivity index (χ0v) is 14.4. The molecule has 1 saturated heterocycles. The van der Waals surface area contributed by atoms with Crippen molar-refractivity contribution in [1.29, 1.82) is 0 Å². The second-order valence-electron chi connectivity index (χ2n) is 6.23. The first-order valence-corrected chi connectivity index (χ1v) is 8.42. The van der Waals surface area contributed by atoms with Crippen LogP contribution in [0.1, 0.15) is 15.9 Å². The van der Waals surface area contributed by atoms with Gasteiger partial charge in [0.05, 0.1) is 0 Å². The lowest BCUT2D eigenvalue weighted by molar-refractivity contribution is -0.139. The fourth-order valence-electron chi connectivity index (χ4n) is 2.79. The molecule has 2 aromatic carbocycles. The molecule has 1 fully saturated rings. The molecule has 2 aromatic rings. The number of ether oxygens (including phenoxy) is 1. The Labute approximate surface area is 147 Å². The van der Waals surface area contributed by atoms with Crippen molar-refractivity contribution in [3.63, 3.8) is 0 Å². The molecule has 0 radical (unpaired) electrons. The summed E-state index contributed by atoms with van der Waals surface area (Å²) in [5.41, 5.74) is 2.28. The molecule has 5 nitrogen and oxygen atoms in total. The van der Waals surface area contributed by atoms with E-state index >= 15 is 0 Å². The van der Waals surface area contributed by atoms with Crippen LogP contribution in [0, 0.1) is 0 Å². The highest BCUT2D eigenvalue weighted by Gasteiger charge is 2.19. The van der Waals surface area contributed by atoms with Gasteiger partial charge in [0.2, 0.25) is 0 Å². The van der Waals surface area contributed by atoms with E-state index < -0.39 is 11.8 Å². The zero-order chi connectivity index (χ0) is 17.6. The Hall–Kier alpha value is -2.66. The molecule has 25 heavy (non-hydrogen) atoms. The number of Topliss-reactive ketones (excluding diaryl/α,β-unsaturated/α-hetero) is 1. The first kappa shape index (κ1) is 17.2. The summed E-state index contributed by atoms with van der Waals surface area (Å²) >= 11 is 0. The average molecular weight is 338 g/mol. The molecule has 0 atom stereocenters. The van der Waals surface area contributed by atoms with E-state index in [0.717, 1.165) is 37.4 Å². The highest BCUT2D eigenvalue weighted by atomic mass is 16.5. The van der Waals surface area contributed by atoms with E-state index in [4.69, 9.17) is 4.74 Å². The number of hydrogen-bond acceptors (Lipinski definition) is 5. The first-order chi connectivity index (χ1) is 12.1. The summed E-state index contributed by atoms with van der Waals surface area (Å²) in [6, 6.07) is 16.5. The normalized spacial score (nSPS) is 15.0. The standard InChI is InChI=1S/C20H22N2O3/c1-21-11-13-22(14-12-21)18-9-7-17(8-10-18)19(23)20(24)25-15-16-5-3-2-4-6-16/h2-10H,11-15H2,1H3. The Morgan fingerprint density at radius 3 is 2.20 bits per heavy atom. The third-order valence-corrected chi connectivity index (χ3v) is 4.40. The molecule has 5 heteroatoms. The number of rotatable bonds is 5. The minimum atomic E-state index is -0.823. The smallest absolute Gasteiger partial charge is 0.380 e. The molecule has 0 aliphatic carbocycles. The second-order valence-corrected chi connectivity index (χ2v) is 6.23. The van der Waals surface area contributed by atoms with E-state index in [1.165, 1.54) is 0 Å². The van der Waals surface area contributed by atoms with Gasteiger partial charge in [-0.2, -0.15) is 0 Å². The third kappa shape index (κ3) is 4.45. The van der Waals surface area contributed by atoms with Gasteiger partial charge in [0.1, 0.15) is 6.61 Å². The fraction of sp³-hybridized carbons (Fsp3) is 0.300. The van der Waals surface area contributed by atoms with Crippen molar-refractivity contribution >= 4 is 17.4 Å². The van der Waals surface area contributed by atoms with Gasteiger partial charge in [0, 0.05) is 37.4 Å². The Balaban J connectivity index is 1.57. The summed E-state index contributed by atoms with van der Waals surface area (Å²) in [4.78, 5) is 28.7. The van der Waals surface area contributed by atoms with Gasteiger partial charge in [-0.1, -0.05) is 30.3 Å². The van der Waals surface area contributed by atoms with E-state index in [0.29, 0.717) is 5.56 Å². The largest absolute Gasteiger partial charge is 0.455 e. The number of carbonyl (C=O) groups is 2. The number of carbonyl (C=O) groups excluding carboxylic acids is 2. The van der Waals surface area contributed by atoms with Crippen molar-refractivity contribution in [3.05, 3.63) is 65.7 Å². The Morgan fingerprint density at radius 1 is 0.920 bits per heavy atom. The number of nitrogens with zero attached hydrogens (tertiary/aromatic N) is 2. The lowest BCUT2D eigenvalue weighted by Crippen LogP contribution is -2.44. The number of benzene rings is 2. The van der Waals surface area contributed by atoms with Gasteiger partial charge in [-0.15, -0.1) is 0 Å². The molecule has 3 rings (SSSR count). The molecule has 0 aromatic heterocycles. The molecular weight excluding hydrogens is 316 g/mol. The summed E-state index contributed by atoms with van der Waals surface area (Å²) in [6.45, 7) is 4.07. The summed E-state index contributed by atoms with van der Waals surface area (Å²) in [7, 11) is 2.11. The highest BCUT2D eigenvalue weighted by Crippen LogP contribution is 2.17. The van der Waals surface area contributed by atoms with Gasteiger partial charge in [-0.05, 0) is 36.9 Å². The number of piperazine rings is 1. The number of ketones is 1. The Bertz CT molecular complexity index is 720. The van der Waals surface area contributed by atoms with Crippen LogP contribution in [0.4, 0.5) is 5.69 Å². The molecule has 1 aliphatic rings. The second kappa shape index (κ2) is 7.94. The van der Waals surface area contributed by atoms with Crippen molar-refractivity contribution in [2.45, 2.75) is 6.61 Å². The Kier molecular flexibility index (Phi) is 5.46. The summed E-state index contributed by atoms with van der Waals surface area (Å²) in [5.74, 6) is -1.43. The van der Waals surface area contributed by atoms with Gasteiger partial charge in [-0.25, -0.2) is 4.79 Å². The molecular formula is C20H22N2O3. The number of hydrogen-bond donors (Lipinski definition) is 0. The molecule has 0 amide bonds. The number of esters is 1. The van der Waals surface area contributed by atoms with Crippen molar-refractivity contribution in [2.24, 2.45) is 0 Å². The fourth-order valence-corrected chi connectivity index (χ4v) is 2.79. The van der Waals surface area contributed by atoms with Crippen molar-refractivity contribution < 1.29 is 14.3 Å². The zero-order valence-electron chi connectivity index (χ0n) is 14.4. The van der Waals surface area contributed by atoms with Crippen molar-refractivity contribution in [2.75, 3.05) is 38.1 Å². The van der Waals surface area contributed by atoms with E-state index in [9.17, 15) is 9.59 Å². The van der Waals surface area contributed by atoms with Crippen LogP contribution in [-0.2, 0) is 16.1 Å². The van der Waals surface area contributed by atoms with E-state index in [1.807, 2.05) is 42.5 Å². The van der Waals surface area contributed by atoms with E-state index in [2.05, 4.69) is 16.8 Å².